The Morgan fingerprint density at radius 1 is 1.11 bits per heavy atom. The normalized spacial score (nSPS) is 22.6. The molecule has 6 atom stereocenters. The first kappa shape index (κ1) is 43.8. The van der Waals surface area contributed by atoms with E-state index in [1.54, 1.807) is 32.5 Å². The van der Waals surface area contributed by atoms with Crippen molar-refractivity contribution in [2.24, 2.45) is 17.3 Å². The summed E-state index contributed by atoms with van der Waals surface area (Å²) in [6.07, 6.45) is 2.62. The van der Waals surface area contributed by atoms with Crippen LogP contribution in [0.4, 0.5) is 0 Å². The molecular weight excluding hydrogens is 777 g/mol. The minimum Gasteiger partial charge on any atom is -0.508 e. The van der Waals surface area contributed by atoms with Gasteiger partial charge in [-0.15, -0.1) is 0 Å². The van der Waals surface area contributed by atoms with Crippen LogP contribution in [-0.2, 0) is 48.0 Å². The maximum absolute atomic E-state index is 14.5. The highest BCUT2D eigenvalue weighted by Gasteiger charge is 2.46. The Balaban J connectivity index is 1.35. The fourth-order valence-electron chi connectivity index (χ4n) is 9.10. The summed E-state index contributed by atoms with van der Waals surface area (Å²) in [5.41, 5.74) is 9.56. The van der Waals surface area contributed by atoms with Gasteiger partial charge in [0.05, 0.1) is 36.1 Å². The number of likely N-dealkylation sites (N-methyl/N-ethyl adjacent to an activating group) is 1. The Morgan fingerprint density at radius 2 is 1.87 bits per heavy atom. The molecule has 1 aliphatic carbocycles. The molecule has 1 saturated carbocycles. The molecule has 1 saturated heterocycles. The molecule has 4 heterocycles. The number of aliphatic hydroxyl groups is 1. The zero-order chi connectivity index (χ0) is 43.9. The molecule has 0 radical (unpaired) electrons. The van der Waals surface area contributed by atoms with Crippen molar-refractivity contribution in [2.75, 3.05) is 27.3 Å². The van der Waals surface area contributed by atoms with Gasteiger partial charge in [-0.05, 0) is 104 Å². The van der Waals surface area contributed by atoms with E-state index < -0.39 is 53.3 Å². The van der Waals surface area contributed by atoms with Gasteiger partial charge in [0.1, 0.15) is 23.9 Å². The molecule has 4 aromatic rings. The molecule has 2 aromatic carbocycles. The molecule has 326 valence electrons. The molecule has 2 fully saturated rings. The summed E-state index contributed by atoms with van der Waals surface area (Å²) in [7, 11) is 3.22. The average molecular weight is 837 g/mol. The summed E-state index contributed by atoms with van der Waals surface area (Å²) in [5, 5.41) is 26.6. The standard InChI is InChI=1S/C47H60N6O8/c1-9-52-38-15-14-29-22-33(38)35(42(52)32-12-10-16-48-40(32)27(4)60-8)24-47(5,6)25-61-46(59)36-13-11-17-53(50-36)45(58)37(20-28-18-30(29)21-31(54)19-28)49-43(56)41(26(2)3)51(7)44(57)34-23-39(34)55/h10,12,14-16,18-19,21-22,26-27,34,36-37,39,41,50,54-55H,9,11,13,17,20,23-25H2,1-8H3,(H,49,56)/t27-,34-,36-,37-,39+,41?/m0/s1. The van der Waals surface area contributed by atoms with E-state index in [1.165, 1.54) is 9.91 Å². The van der Waals surface area contributed by atoms with Gasteiger partial charge in [0.25, 0.3) is 5.91 Å². The Bertz CT molecular complexity index is 2320. The van der Waals surface area contributed by atoms with Crippen LogP contribution in [0.2, 0.25) is 0 Å². The number of phenolic OH excluding ortho intramolecular Hbond substituents is 1. The fourth-order valence-corrected chi connectivity index (χ4v) is 9.10. The maximum Gasteiger partial charge on any atom is 0.324 e. The number of pyridine rings is 1. The van der Waals surface area contributed by atoms with Gasteiger partial charge in [0.2, 0.25) is 11.8 Å². The Labute approximate surface area is 357 Å². The lowest BCUT2D eigenvalue weighted by atomic mass is 9.84. The number of aromatic nitrogens is 2. The number of nitrogens with zero attached hydrogens (tertiary/aromatic N) is 4. The van der Waals surface area contributed by atoms with E-state index in [0.717, 1.165) is 44.5 Å². The van der Waals surface area contributed by atoms with Crippen LogP contribution in [0.3, 0.4) is 0 Å². The van der Waals surface area contributed by atoms with Crippen molar-refractivity contribution in [1.82, 2.24) is 30.2 Å². The molecule has 3 amide bonds. The molecule has 4 N–H and O–H groups in total. The van der Waals surface area contributed by atoms with Crippen LogP contribution in [0.15, 0.2) is 54.7 Å². The smallest absolute Gasteiger partial charge is 0.324 e. The summed E-state index contributed by atoms with van der Waals surface area (Å²) >= 11 is 0. The van der Waals surface area contributed by atoms with Crippen molar-refractivity contribution in [3.8, 4) is 28.1 Å². The van der Waals surface area contributed by atoms with Gasteiger partial charge in [0.15, 0.2) is 0 Å². The maximum atomic E-state index is 14.5. The number of hydrogen-bond acceptors (Lipinski definition) is 10. The quantitative estimate of drug-likeness (QED) is 0.162. The summed E-state index contributed by atoms with van der Waals surface area (Å²) in [5.74, 6) is -2.69. The number of aryl methyl sites for hydroxylation is 1. The minimum atomic E-state index is -1.14. The highest BCUT2D eigenvalue weighted by molar-refractivity contribution is 5.96. The summed E-state index contributed by atoms with van der Waals surface area (Å²) in [4.78, 5) is 62.0. The van der Waals surface area contributed by atoms with E-state index in [9.17, 15) is 29.4 Å². The second-order valence-corrected chi connectivity index (χ2v) is 18.1. The second-order valence-electron chi connectivity index (χ2n) is 18.1. The molecule has 2 aliphatic heterocycles. The molecular formula is C47H60N6O8. The number of hydrogen-bond donors (Lipinski definition) is 4. The predicted octanol–water partition coefficient (Wildman–Crippen LogP) is 5.32. The largest absolute Gasteiger partial charge is 0.508 e. The zero-order valence-electron chi connectivity index (χ0n) is 36.5. The first-order valence-corrected chi connectivity index (χ1v) is 21.5. The van der Waals surface area contributed by atoms with Gasteiger partial charge in [0, 0.05) is 61.7 Å². The van der Waals surface area contributed by atoms with E-state index in [1.807, 2.05) is 39.0 Å². The van der Waals surface area contributed by atoms with E-state index in [0.29, 0.717) is 37.8 Å². The number of cyclic esters (lactones) is 1. The van der Waals surface area contributed by atoms with Crippen molar-refractivity contribution in [2.45, 2.75) is 111 Å². The molecule has 14 nitrogen and oxygen atoms in total. The monoisotopic (exact) mass is 836 g/mol. The number of nitrogens with one attached hydrogen (secondary N) is 2. The number of rotatable bonds is 9. The molecule has 14 heteroatoms. The lowest BCUT2D eigenvalue weighted by Gasteiger charge is -2.36. The van der Waals surface area contributed by atoms with E-state index >= 15 is 0 Å². The van der Waals surface area contributed by atoms with Gasteiger partial charge in [-0.1, -0.05) is 39.8 Å². The number of ether oxygens (including phenoxy) is 2. The van der Waals surface area contributed by atoms with Gasteiger partial charge < -0.3 is 34.5 Å². The van der Waals surface area contributed by atoms with Crippen LogP contribution in [0.5, 0.6) is 5.75 Å². The number of carbonyl (C=O) groups is 4. The number of benzene rings is 2. The lowest BCUT2D eigenvalue weighted by Crippen LogP contribution is -2.62. The number of aromatic hydroxyl groups is 1. The van der Waals surface area contributed by atoms with Crippen LogP contribution >= 0.6 is 0 Å². The minimum absolute atomic E-state index is 0.00257. The average Bonchev–Trinajstić information content (AvgIpc) is 3.90. The molecule has 7 rings (SSSR count). The van der Waals surface area contributed by atoms with Crippen molar-refractivity contribution in [3.63, 3.8) is 0 Å². The van der Waals surface area contributed by atoms with Crippen LogP contribution in [-0.4, -0.2) is 105 Å². The third kappa shape index (κ3) is 9.03. The fraction of sp³-hybridized carbons (Fsp3) is 0.511. The van der Waals surface area contributed by atoms with Gasteiger partial charge in [-0.2, -0.15) is 0 Å². The number of hydrazine groups is 1. The zero-order valence-corrected chi connectivity index (χ0v) is 36.5. The summed E-state index contributed by atoms with van der Waals surface area (Å²) in [6.45, 7) is 13.0. The SMILES string of the molecule is CCn1c(-c2cccnc2[C@H](C)OC)c2c3cc(ccc31)-c1cc(O)cc(c1)C[C@H](NC(=O)C(C(C)C)N(C)C(=O)[C@H]1C[C@H]1O)C(=O)N1CCC[C@H](N1)C(=O)OCC(C)(C)C2. The summed E-state index contributed by atoms with van der Waals surface area (Å²) in [6, 6.07) is 12.6. The molecule has 2 aromatic heterocycles. The van der Waals surface area contributed by atoms with Crippen LogP contribution < -0.4 is 10.7 Å². The number of fused-ring (bicyclic) bond motifs is 6. The predicted molar refractivity (Wildman–Crippen MR) is 231 cm³/mol. The highest BCUT2D eigenvalue weighted by Crippen LogP contribution is 2.42. The van der Waals surface area contributed by atoms with E-state index in [4.69, 9.17) is 14.5 Å². The molecule has 0 spiro atoms. The molecule has 1 unspecified atom stereocenters. The number of carbonyl (C=O) groups excluding carboxylic acids is 4. The van der Waals surface area contributed by atoms with Gasteiger partial charge in [-0.3, -0.25) is 29.2 Å². The van der Waals surface area contributed by atoms with Crippen molar-refractivity contribution < 1.29 is 38.9 Å². The number of esters is 1. The van der Waals surface area contributed by atoms with E-state index in [2.05, 4.69) is 54.3 Å². The van der Waals surface area contributed by atoms with Crippen molar-refractivity contribution in [1.29, 1.82) is 0 Å². The number of amides is 3. The summed E-state index contributed by atoms with van der Waals surface area (Å²) < 4.78 is 14.2. The van der Waals surface area contributed by atoms with Crippen LogP contribution in [0.25, 0.3) is 33.3 Å². The molecule has 61 heavy (non-hydrogen) atoms. The third-order valence-corrected chi connectivity index (χ3v) is 12.4. The number of phenols is 1. The highest BCUT2D eigenvalue weighted by atomic mass is 16.5. The number of aliphatic hydroxyl groups excluding tert-OH is 1. The first-order valence-electron chi connectivity index (χ1n) is 21.5. The van der Waals surface area contributed by atoms with Crippen molar-refractivity contribution in [3.05, 3.63) is 71.5 Å². The van der Waals surface area contributed by atoms with E-state index in [-0.39, 0.29) is 43.3 Å². The lowest BCUT2D eigenvalue weighted by molar-refractivity contribution is -0.155. The van der Waals surface area contributed by atoms with Crippen LogP contribution in [0.1, 0.15) is 83.7 Å². The Hall–Kier alpha value is -5.31. The Kier molecular flexibility index (Phi) is 12.6. The second kappa shape index (κ2) is 17.6. The van der Waals surface area contributed by atoms with Gasteiger partial charge in [-0.25, -0.2) is 5.43 Å². The first-order chi connectivity index (χ1) is 29.0. The van der Waals surface area contributed by atoms with Crippen LogP contribution in [0, 0.1) is 17.3 Å². The number of methoxy groups -OCH3 is 1. The Morgan fingerprint density at radius 3 is 2.56 bits per heavy atom. The topological polar surface area (TPSA) is 176 Å². The molecule has 6 bridgehead atoms. The van der Waals surface area contributed by atoms with Gasteiger partial charge >= 0.3 is 5.97 Å². The third-order valence-electron chi connectivity index (χ3n) is 12.4. The molecule has 3 aliphatic rings. The van der Waals surface area contributed by atoms with Crippen molar-refractivity contribution >= 4 is 34.6 Å².